The van der Waals surface area contributed by atoms with Crippen LogP contribution in [0.1, 0.15) is 37.8 Å². The fraction of sp³-hybridized carbons (Fsp3) is 0.500. The van der Waals surface area contributed by atoms with Crippen LogP contribution in [0.15, 0.2) is 24.3 Å². The lowest BCUT2D eigenvalue weighted by Crippen LogP contribution is -2.42. The van der Waals surface area contributed by atoms with Gasteiger partial charge in [0.05, 0.1) is 10.2 Å². The number of hydrogen-bond donors (Lipinski definition) is 2. The third-order valence-corrected chi connectivity index (χ3v) is 4.70. The highest BCUT2D eigenvalue weighted by atomic mass is 32.1. The highest BCUT2D eigenvalue weighted by Gasteiger charge is 2.31. The van der Waals surface area contributed by atoms with Crippen molar-refractivity contribution in [2.24, 2.45) is 0 Å². The number of nitrogens with zero attached hydrogens (tertiary/aromatic N) is 2. The second-order valence-corrected chi connectivity index (χ2v) is 6.24. The Labute approximate surface area is 134 Å². The van der Waals surface area contributed by atoms with E-state index in [4.69, 9.17) is 0 Å². The van der Waals surface area contributed by atoms with Gasteiger partial charge >= 0.3 is 0 Å². The standard InChI is InChI=1S/C16H22N2O3S/c1-3-5-10-18(4-2)16(21)14(20)13(19)15-17-11-8-6-7-9-12(11)22-15/h6-9,13-14,19-20H,3-5,10H2,1-2H3. The molecular formula is C16H22N2O3S. The molecule has 0 radical (unpaired) electrons. The number of aliphatic hydroxyl groups is 2. The molecular weight excluding hydrogens is 300 g/mol. The summed E-state index contributed by atoms with van der Waals surface area (Å²) >= 11 is 1.30. The van der Waals surface area contributed by atoms with Gasteiger partial charge in [0.2, 0.25) is 0 Å². The number of para-hydroxylation sites is 1. The molecule has 0 aliphatic rings. The summed E-state index contributed by atoms with van der Waals surface area (Å²) in [4.78, 5) is 18.2. The number of carbonyl (C=O) groups is 1. The van der Waals surface area contributed by atoms with Crippen molar-refractivity contribution < 1.29 is 15.0 Å². The summed E-state index contributed by atoms with van der Waals surface area (Å²) in [6.07, 6.45) is -0.915. The lowest BCUT2D eigenvalue weighted by Gasteiger charge is -2.25. The van der Waals surface area contributed by atoms with Crippen molar-refractivity contribution >= 4 is 27.5 Å². The summed E-state index contributed by atoms with van der Waals surface area (Å²) in [5.74, 6) is -0.442. The Kier molecular flexibility index (Phi) is 5.88. The summed E-state index contributed by atoms with van der Waals surface area (Å²) in [5, 5.41) is 20.8. The van der Waals surface area contributed by atoms with Crippen molar-refractivity contribution in [3.05, 3.63) is 29.3 Å². The van der Waals surface area contributed by atoms with Crippen LogP contribution in [0, 0.1) is 0 Å². The Morgan fingerprint density at radius 1 is 1.32 bits per heavy atom. The first-order chi connectivity index (χ1) is 10.6. The fourth-order valence-corrected chi connectivity index (χ4v) is 3.23. The average Bonchev–Trinajstić information content (AvgIpc) is 2.97. The van der Waals surface area contributed by atoms with E-state index in [-0.39, 0.29) is 0 Å². The lowest BCUT2D eigenvalue weighted by atomic mass is 10.1. The van der Waals surface area contributed by atoms with Crippen LogP contribution >= 0.6 is 11.3 Å². The van der Waals surface area contributed by atoms with E-state index in [2.05, 4.69) is 4.98 Å². The van der Waals surface area contributed by atoms with Crippen molar-refractivity contribution in [2.45, 2.75) is 38.9 Å². The number of carbonyl (C=O) groups excluding carboxylic acids is 1. The third-order valence-electron chi connectivity index (χ3n) is 3.59. The van der Waals surface area contributed by atoms with Crippen LogP contribution in [0.4, 0.5) is 0 Å². The molecule has 2 unspecified atom stereocenters. The highest BCUT2D eigenvalue weighted by molar-refractivity contribution is 7.18. The first-order valence-corrected chi connectivity index (χ1v) is 8.40. The van der Waals surface area contributed by atoms with Gasteiger partial charge in [-0.05, 0) is 25.5 Å². The van der Waals surface area contributed by atoms with Crippen molar-refractivity contribution in [3.8, 4) is 0 Å². The van der Waals surface area contributed by atoms with Gasteiger partial charge in [0, 0.05) is 13.1 Å². The number of aliphatic hydroxyl groups excluding tert-OH is 2. The molecule has 2 atom stereocenters. The van der Waals surface area contributed by atoms with Crippen LogP contribution < -0.4 is 0 Å². The predicted octanol–water partition coefficient (Wildman–Crippen LogP) is 2.34. The summed E-state index contributed by atoms with van der Waals surface area (Å²) in [5.41, 5.74) is 0.763. The van der Waals surface area contributed by atoms with E-state index in [1.165, 1.54) is 11.3 Å². The maximum atomic E-state index is 12.3. The molecule has 0 aliphatic carbocycles. The van der Waals surface area contributed by atoms with Gasteiger partial charge < -0.3 is 15.1 Å². The topological polar surface area (TPSA) is 73.7 Å². The molecule has 1 aromatic carbocycles. The van der Waals surface area contributed by atoms with E-state index < -0.39 is 18.1 Å². The van der Waals surface area contributed by atoms with Gasteiger partial charge in [-0.3, -0.25) is 4.79 Å². The second kappa shape index (κ2) is 7.67. The maximum Gasteiger partial charge on any atom is 0.254 e. The molecule has 6 heteroatoms. The predicted molar refractivity (Wildman–Crippen MR) is 87.7 cm³/mol. The second-order valence-electron chi connectivity index (χ2n) is 5.18. The number of rotatable bonds is 7. The summed E-state index contributed by atoms with van der Waals surface area (Å²) in [6, 6.07) is 7.50. The van der Waals surface area contributed by atoms with Gasteiger partial charge in [-0.25, -0.2) is 4.98 Å². The monoisotopic (exact) mass is 322 g/mol. The molecule has 1 heterocycles. The molecule has 2 aromatic rings. The Hall–Kier alpha value is -1.50. The Bertz CT molecular complexity index is 596. The summed E-state index contributed by atoms with van der Waals surface area (Å²) in [6.45, 7) is 5.02. The molecule has 0 aliphatic heterocycles. The smallest absolute Gasteiger partial charge is 0.254 e. The number of aromatic nitrogens is 1. The van der Waals surface area contributed by atoms with E-state index in [0.717, 1.165) is 23.1 Å². The number of hydrogen-bond acceptors (Lipinski definition) is 5. The number of thiazole rings is 1. The number of likely N-dealkylation sites (N-methyl/N-ethyl adjacent to an activating group) is 1. The minimum atomic E-state index is -1.47. The van der Waals surface area contributed by atoms with Gasteiger partial charge in [-0.1, -0.05) is 25.5 Å². The van der Waals surface area contributed by atoms with Crippen LogP contribution in [0.5, 0.6) is 0 Å². The normalized spacial score (nSPS) is 14.0. The zero-order valence-electron chi connectivity index (χ0n) is 12.9. The van der Waals surface area contributed by atoms with Crippen molar-refractivity contribution in [2.75, 3.05) is 13.1 Å². The molecule has 1 aromatic heterocycles. The highest BCUT2D eigenvalue weighted by Crippen LogP contribution is 2.28. The number of fused-ring (bicyclic) bond motifs is 1. The maximum absolute atomic E-state index is 12.3. The number of benzene rings is 1. The van der Waals surface area contributed by atoms with Crippen molar-refractivity contribution in [1.82, 2.24) is 9.88 Å². The first-order valence-electron chi connectivity index (χ1n) is 7.58. The SMILES string of the molecule is CCCCN(CC)C(=O)C(O)C(O)c1nc2ccccc2s1. The van der Waals surface area contributed by atoms with Crippen LogP contribution in [0.3, 0.4) is 0 Å². The van der Waals surface area contributed by atoms with Crippen molar-refractivity contribution in [1.29, 1.82) is 0 Å². The van der Waals surface area contributed by atoms with Gasteiger partial charge in [-0.15, -0.1) is 11.3 Å². The van der Waals surface area contributed by atoms with E-state index in [9.17, 15) is 15.0 Å². The molecule has 0 bridgehead atoms. The quantitative estimate of drug-likeness (QED) is 0.820. The molecule has 2 rings (SSSR count). The Morgan fingerprint density at radius 3 is 2.68 bits per heavy atom. The minimum absolute atomic E-state index is 0.369. The number of unbranched alkanes of at least 4 members (excludes halogenated alkanes) is 1. The summed E-state index contributed by atoms with van der Waals surface area (Å²) < 4.78 is 0.925. The zero-order chi connectivity index (χ0) is 16.1. The van der Waals surface area contributed by atoms with Crippen LogP contribution in [-0.2, 0) is 4.79 Å². The number of amides is 1. The lowest BCUT2D eigenvalue weighted by molar-refractivity contribution is -0.146. The molecule has 0 saturated heterocycles. The molecule has 22 heavy (non-hydrogen) atoms. The fourth-order valence-electron chi connectivity index (χ4n) is 2.25. The van der Waals surface area contributed by atoms with Crippen LogP contribution in [-0.4, -0.2) is 45.2 Å². The molecule has 120 valence electrons. The van der Waals surface area contributed by atoms with Gasteiger partial charge in [0.25, 0.3) is 5.91 Å². The molecule has 0 fully saturated rings. The first kappa shape index (κ1) is 16.9. The largest absolute Gasteiger partial charge is 0.383 e. The summed E-state index contributed by atoms with van der Waals surface area (Å²) in [7, 11) is 0. The average molecular weight is 322 g/mol. The molecule has 1 amide bonds. The Morgan fingerprint density at radius 2 is 2.05 bits per heavy atom. The van der Waals surface area contributed by atoms with Crippen LogP contribution in [0.2, 0.25) is 0 Å². The molecule has 0 saturated carbocycles. The van der Waals surface area contributed by atoms with Crippen molar-refractivity contribution in [3.63, 3.8) is 0 Å². The van der Waals surface area contributed by atoms with Gasteiger partial charge in [0.1, 0.15) is 11.1 Å². The molecule has 2 N–H and O–H groups in total. The zero-order valence-corrected chi connectivity index (χ0v) is 13.7. The van der Waals surface area contributed by atoms with Gasteiger partial charge in [0.15, 0.2) is 6.10 Å². The van der Waals surface area contributed by atoms with Gasteiger partial charge in [-0.2, -0.15) is 0 Å². The van der Waals surface area contributed by atoms with E-state index >= 15 is 0 Å². The third kappa shape index (κ3) is 3.63. The van der Waals surface area contributed by atoms with E-state index in [0.29, 0.717) is 18.1 Å². The molecule has 5 nitrogen and oxygen atoms in total. The minimum Gasteiger partial charge on any atom is -0.383 e. The van der Waals surface area contributed by atoms with E-state index in [1.54, 1.807) is 4.90 Å². The molecule has 0 spiro atoms. The van der Waals surface area contributed by atoms with Crippen LogP contribution in [0.25, 0.3) is 10.2 Å². The van der Waals surface area contributed by atoms with E-state index in [1.807, 2.05) is 38.1 Å². The Balaban J connectivity index is 2.13.